The molecule has 3 nitrogen and oxygen atoms in total. The number of aromatic hydroxyl groups is 1. The predicted octanol–water partition coefficient (Wildman–Crippen LogP) is 3.00. The van der Waals surface area contributed by atoms with Crippen molar-refractivity contribution in [1.82, 2.24) is 4.57 Å². The summed E-state index contributed by atoms with van der Waals surface area (Å²) in [4.78, 5) is 0. The van der Waals surface area contributed by atoms with E-state index in [0.717, 1.165) is 12.1 Å². The van der Waals surface area contributed by atoms with E-state index in [2.05, 4.69) is 52.5 Å². The zero-order chi connectivity index (χ0) is 15.1. The van der Waals surface area contributed by atoms with E-state index in [4.69, 9.17) is 11.6 Å². The van der Waals surface area contributed by atoms with Gasteiger partial charge >= 0.3 is 0 Å². The van der Waals surface area contributed by atoms with Crippen LogP contribution in [0.2, 0.25) is 5.02 Å². The summed E-state index contributed by atoms with van der Waals surface area (Å²) >= 11 is 6.09. The van der Waals surface area contributed by atoms with Crippen LogP contribution in [0.4, 0.5) is 0 Å². The van der Waals surface area contributed by atoms with Gasteiger partial charge in [0, 0.05) is 17.3 Å². The van der Waals surface area contributed by atoms with Gasteiger partial charge < -0.3 is 15.0 Å². The standard InChI is InChI=1S/C18H15ClN2O/c19-14-10-12(7-8-17(14)22)18-16-6-3-9-21(16)15-5-2-1-4-13(15)11-20-18/h1-10,18,20,22H,11H2/p+1. The minimum atomic E-state index is 0.123. The van der Waals surface area contributed by atoms with Gasteiger partial charge in [-0.3, -0.25) is 0 Å². The van der Waals surface area contributed by atoms with Crippen molar-refractivity contribution in [2.45, 2.75) is 12.6 Å². The zero-order valence-corrected chi connectivity index (χ0v) is 12.7. The van der Waals surface area contributed by atoms with Gasteiger partial charge in [-0.15, -0.1) is 0 Å². The molecule has 3 N–H and O–H groups in total. The third-order valence-electron chi connectivity index (χ3n) is 4.25. The summed E-state index contributed by atoms with van der Waals surface area (Å²) in [6.45, 7) is 0.904. The molecule has 2 heterocycles. The molecule has 4 rings (SSSR count). The quantitative estimate of drug-likeness (QED) is 0.713. The van der Waals surface area contributed by atoms with Crippen LogP contribution in [0.15, 0.2) is 60.8 Å². The fourth-order valence-corrected chi connectivity index (χ4v) is 3.36. The first-order valence-corrected chi connectivity index (χ1v) is 7.69. The van der Waals surface area contributed by atoms with Crippen molar-refractivity contribution in [3.63, 3.8) is 0 Å². The number of fused-ring (bicyclic) bond motifs is 3. The summed E-state index contributed by atoms with van der Waals surface area (Å²) in [5.74, 6) is 0.123. The number of aromatic nitrogens is 1. The van der Waals surface area contributed by atoms with Crippen molar-refractivity contribution < 1.29 is 10.4 Å². The van der Waals surface area contributed by atoms with Gasteiger partial charge in [0.05, 0.1) is 16.4 Å². The van der Waals surface area contributed by atoms with Gasteiger partial charge in [0.15, 0.2) is 6.04 Å². The average Bonchev–Trinajstić information content (AvgIpc) is 2.95. The normalized spacial score (nSPS) is 16.7. The van der Waals surface area contributed by atoms with Crippen LogP contribution in [0.5, 0.6) is 5.75 Å². The summed E-state index contributed by atoms with van der Waals surface area (Å²) < 4.78 is 2.24. The number of rotatable bonds is 1. The lowest BCUT2D eigenvalue weighted by atomic mass is 10.0. The molecule has 0 amide bonds. The summed E-state index contributed by atoms with van der Waals surface area (Å²) in [6.07, 6.45) is 2.10. The van der Waals surface area contributed by atoms with Crippen molar-refractivity contribution in [3.8, 4) is 11.4 Å². The second kappa shape index (κ2) is 5.20. The summed E-state index contributed by atoms with van der Waals surface area (Å²) in [7, 11) is 0. The molecule has 0 bridgehead atoms. The first-order chi connectivity index (χ1) is 10.7. The molecular weight excluding hydrogens is 296 g/mol. The maximum Gasteiger partial charge on any atom is 0.153 e. The summed E-state index contributed by atoms with van der Waals surface area (Å²) in [5.41, 5.74) is 4.85. The minimum absolute atomic E-state index is 0.123. The number of phenolic OH excluding ortho intramolecular Hbond substituents is 1. The molecule has 1 unspecified atom stereocenters. The molecule has 1 aliphatic rings. The molecule has 0 fully saturated rings. The molecule has 0 radical (unpaired) electrons. The largest absolute Gasteiger partial charge is 0.506 e. The van der Waals surface area contributed by atoms with Gasteiger partial charge in [0.25, 0.3) is 0 Å². The monoisotopic (exact) mass is 311 g/mol. The Kier molecular flexibility index (Phi) is 3.17. The third kappa shape index (κ3) is 2.10. The number of benzene rings is 2. The predicted molar refractivity (Wildman–Crippen MR) is 86.4 cm³/mol. The number of nitrogens with two attached hydrogens (primary N) is 1. The molecule has 110 valence electrons. The van der Waals surface area contributed by atoms with Crippen LogP contribution >= 0.6 is 11.6 Å². The Morgan fingerprint density at radius 1 is 1.09 bits per heavy atom. The first kappa shape index (κ1) is 13.4. The third-order valence-corrected chi connectivity index (χ3v) is 4.56. The number of hydrogen-bond donors (Lipinski definition) is 2. The molecule has 0 saturated heterocycles. The number of halogens is 1. The molecular formula is C18H16ClN2O+. The van der Waals surface area contributed by atoms with Crippen molar-refractivity contribution in [2.75, 3.05) is 0 Å². The molecule has 22 heavy (non-hydrogen) atoms. The summed E-state index contributed by atoms with van der Waals surface area (Å²) in [6, 6.07) is 18.3. The van der Waals surface area contributed by atoms with Crippen molar-refractivity contribution in [1.29, 1.82) is 0 Å². The Morgan fingerprint density at radius 2 is 1.95 bits per heavy atom. The number of nitrogens with zero attached hydrogens (tertiary/aromatic N) is 1. The van der Waals surface area contributed by atoms with Gasteiger partial charge in [0.1, 0.15) is 12.3 Å². The van der Waals surface area contributed by atoms with E-state index in [1.54, 1.807) is 6.07 Å². The molecule has 0 saturated carbocycles. The van der Waals surface area contributed by atoms with E-state index in [1.165, 1.54) is 16.9 Å². The number of para-hydroxylation sites is 1. The molecule has 4 heteroatoms. The molecule has 1 atom stereocenters. The lowest BCUT2D eigenvalue weighted by Gasteiger charge is -2.15. The maximum atomic E-state index is 9.65. The lowest BCUT2D eigenvalue weighted by Crippen LogP contribution is -2.83. The van der Waals surface area contributed by atoms with Crippen molar-refractivity contribution in [3.05, 3.63) is 82.6 Å². The van der Waals surface area contributed by atoms with E-state index in [9.17, 15) is 5.11 Å². The SMILES string of the molecule is Oc1ccc(C2[NH2+]Cc3ccccc3-n3cccc32)cc1Cl. The Balaban J connectivity index is 1.86. The summed E-state index contributed by atoms with van der Waals surface area (Å²) in [5, 5.41) is 12.3. The maximum absolute atomic E-state index is 9.65. The van der Waals surface area contributed by atoms with Crippen molar-refractivity contribution in [2.24, 2.45) is 0 Å². The Morgan fingerprint density at radius 3 is 2.82 bits per heavy atom. The Labute approximate surface area is 133 Å². The molecule has 1 aliphatic heterocycles. The molecule has 0 aliphatic carbocycles. The van der Waals surface area contributed by atoms with Crippen LogP contribution in [0, 0.1) is 0 Å². The highest BCUT2D eigenvalue weighted by molar-refractivity contribution is 6.32. The van der Waals surface area contributed by atoms with Gasteiger partial charge in [-0.1, -0.05) is 29.8 Å². The fraction of sp³-hybridized carbons (Fsp3) is 0.111. The van der Waals surface area contributed by atoms with Crippen molar-refractivity contribution >= 4 is 11.6 Å². The van der Waals surface area contributed by atoms with E-state index in [0.29, 0.717) is 5.02 Å². The van der Waals surface area contributed by atoms with E-state index >= 15 is 0 Å². The first-order valence-electron chi connectivity index (χ1n) is 7.31. The van der Waals surface area contributed by atoms with Gasteiger partial charge in [-0.25, -0.2) is 0 Å². The van der Waals surface area contributed by atoms with Crippen LogP contribution in [0.1, 0.15) is 22.9 Å². The highest BCUT2D eigenvalue weighted by Gasteiger charge is 2.26. The Hall–Kier alpha value is -2.23. The van der Waals surface area contributed by atoms with E-state index in [-0.39, 0.29) is 11.8 Å². The number of quaternary nitrogens is 1. The molecule has 1 aromatic heterocycles. The number of hydrogen-bond acceptors (Lipinski definition) is 1. The van der Waals surface area contributed by atoms with Crippen LogP contribution in [0.3, 0.4) is 0 Å². The second-order valence-corrected chi connectivity index (χ2v) is 5.97. The van der Waals surface area contributed by atoms with Crippen LogP contribution < -0.4 is 5.32 Å². The van der Waals surface area contributed by atoms with Gasteiger partial charge in [0.2, 0.25) is 0 Å². The topological polar surface area (TPSA) is 41.8 Å². The lowest BCUT2D eigenvalue weighted by molar-refractivity contribution is -0.702. The minimum Gasteiger partial charge on any atom is -0.506 e. The second-order valence-electron chi connectivity index (χ2n) is 5.56. The molecule has 3 aromatic rings. The number of phenols is 1. The smallest absolute Gasteiger partial charge is 0.153 e. The van der Waals surface area contributed by atoms with Crippen LogP contribution in [-0.4, -0.2) is 9.67 Å². The van der Waals surface area contributed by atoms with Crippen LogP contribution in [-0.2, 0) is 6.54 Å². The molecule has 0 spiro atoms. The van der Waals surface area contributed by atoms with Gasteiger partial charge in [-0.2, -0.15) is 0 Å². The van der Waals surface area contributed by atoms with Crippen LogP contribution in [0.25, 0.3) is 5.69 Å². The average molecular weight is 312 g/mol. The Bertz CT molecular complexity index is 841. The highest BCUT2D eigenvalue weighted by atomic mass is 35.5. The highest BCUT2D eigenvalue weighted by Crippen LogP contribution is 2.30. The zero-order valence-electron chi connectivity index (χ0n) is 11.9. The van der Waals surface area contributed by atoms with E-state index < -0.39 is 0 Å². The molecule has 2 aromatic carbocycles. The van der Waals surface area contributed by atoms with Gasteiger partial charge in [-0.05, 0) is 36.4 Å². The van der Waals surface area contributed by atoms with E-state index in [1.807, 2.05) is 12.1 Å². The fourth-order valence-electron chi connectivity index (χ4n) is 3.17.